The van der Waals surface area contributed by atoms with Gasteiger partial charge in [0.25, 0.3) is 5.91 Å². The van der Waals surface area contributed by atoms with Gasteiger partial charge in [0.15, 0.2) is 11.3 Å². The number of fused-ring (bicyclic) bond motifs is 4. The molecule has 75 heavy (non-hydrogen) atoms. The number of rotatable bonds is 7. The number of carboxylic acid groups (broad SMARTS) is 1. The summed E-state index contributed by atoms with van der Waals surface area (Å²) in [4.78, 5) is 71.3. The third kappa shape index (κ3) is 13.0. The molecule has 8 heterocycles. The first-order chi connectivity index (χ1) is 35.5. The van der Waals surface area contributed by atoms with Gasteiger partial charge in [-0.1, -0.05) is 0 Å². The van der Waals surface area contributed by atoms with Gasteiger partial charge in [-0.2, -0.15) is 10.2 Å². The number of carbonyl (C=O) groups excluding carboxylic acids is 3. The van der Waals surface area contributed by atoms with Gasteiger partial charge in [-0.15, -0.1) is 0 Å². The molecule has 0 radical (unpaired) electrons. The number of aromatic carboxylic acids is 1. The van der Waals surface area contributed by atoms with Crippen LogP contribution in [0.25, 0.3) is 66.9 Å². The van der Waals surface area contributed by atoms with Crippen LogP contribution in [0.5, 0.6) is 0 Å². The highest BCUT2D eigenvalue weighted by Gasteiger charge is 2.29. The van der Waals surface area contributed by atoms with Crippen molar-refractivity contribution in [2.45, 2.75) is 89.8 Å². The van der Waals surface area contributed by atoms with E-state index in [2.05, 4.69) is 56.1 Å². The zero-order valence-electron chi connectivity index (χ0n) is 42.4. The Kier molecular flexibility index (Phi) is 15.4. The molecule has 8 aromatic rings. The van der Waals surface area contributed by atoms with Gasteiger partial charge in [-0.25, -0.2) is 43.1 Å². The smallest absolute Gasteiger partial charge is 0.407 e. The molecule has 4 unspecified atom stereocenters. The molecule has 6 aromatic heterocycles. The van der Waals surface area contributed by atoms with E-state index in [0.717, 1.165) is 17.2 Å². The number of hydrogen-bond acceptors (Lipinski definition) is 15. The Morgan fingerprint density at radius 3 is 1.59 bits per heavy atom. The summed E-state index contributed by atoms with van der Waals surface area (Å²) in [5, 5.41) is 28.0. The van der Waals surface area contributed by atoms with Gasteiger partial charge in [0.1, 0.15) is 62.2 Å². The van der Waals surface area contributed by atoms with Gasteiger partial charge >= 0.3 is 18.2 Å². The van der Waals surface area contributed by atoms with Gasteiger partial charge in [-0.05, 0) is 90.8 Å². The molecule has 2 fully saturated rings. The van der Waals surface area contributed by atoms with Crippen molar-refractivity contribution in [1.29, 1.82) is 0 Å². The van der Waals surface area contributed by atoms with Crippen molar-refractivity contribution in [2.75, 3.05) is 26.4 Å². The molecule has 23 nitrogen and oxygen atoms in total. The number of alkyl carbamates (subject to hydrolysis) is 2. The third-order valence-corrected chi connectivity index (χ3v) is 11.6. The van der Waals surface area contributed by atoms with E-state index >= 15 is 0 Å². The van der Waals surface area contributed by atoms with Crippen molar-refractivity contribution in [1.82, 2.24) is 65.4 Å². The van der Waals surface area contributed by atoms with Crippen LogP contribution in [0.3, 0.4) is 0 Å². The van der Waals surface area contributed by atoms with E-state index in [1.807, 2.05) is 20.8 Å². The molecule has 2 aromatic carbocycles. The van der Waals surface area contributed by atoms with Crippen LogP contribution in [0.2, 0.25) is 0 Å². The summed E-state index contributed by atoms with van der Waals surface area (Å²) in [6, 6.07) is 8.11. The van der Waals surface area contributed by atoms with Gasteiger partial charge in [0, 0.05) is 43.3 Å². The quantitative estimate of drug-likeness (QED) is 0.0957. The topological polar surface area (TPSA) is 306 Å². The lowest BCUT2D eigenvalue weighted by atomic mass is 10.1. The molecule has 3 amide bonds. The van der Waals surface area contributed by atoms with Crippen LogP contribution in [0, 0.1) is 11.6 Å². The number of aryl methyl sites for hydroxylation is 2. The lowest BCUT2D eigenvalue weighted by Gasteiger charge is -2.31. The number of ether oxygens (including phenoxy) is 4. The predicted molar refractivity (Wildman–Crippen MR) is 270 cm³/mol. The number of nitrogens with one attached hydrogen (secondary N) is 5. The van der Waals surface area contributed by atoms with E-state index in [9.17, 15) is 33.1 Å². The summed E-state index contributed by atoms with van der Waals surface area (Å²) in [5.41, 5.74) is 9.66. The number of aromatic nitrogens is 10. The maximum absolute atomic E-state index is 13.7. The summed E-state index contributed by atoms with van der Waals surface area (Å²) < 4.78 is 51.5. The number of H-pyrrole nitrogens is 2. The van der Waals surface area contributed by atoms with E-state index in [-0.39, 0.29) is 52.8 Å². The summed E-state index contributed by atoms with van der Waals surface area (Å²) in [6.45, 7) is 12.6. The van der Waals surface area contributed by atoms with E-state index in [1.54, 1.807) is 68.8 Å². The third-order valence-electron chi connectivity index (χ3n) is 11.6. The van der Waals surface area contributed by atoms with Crippen molar-refractivity contribution < 1.29 is 52.0 Å². The zero-order valence-corrected chi connectivity index (χ0v) is 42.4. The molecule has 396 valence electrons. The van der Waals surface area contributed by atoms with E-state index in [4.69, 9.17) is 24.7 Å². The highest BCUT2D eigenvalue weighted by Crippen LogP contribution is 2.30. The van der Waals surface area contributed by atoms with Crippen molar-refractivity contribution in [3.05, 3.63) is 83.9 Å². The minimum atomic E-state index is -1.09. The van der Waals surface area contributed by atoms with Gasteiger partial charge in [0.2, 0.25) is 0 Å². The number of benzene rings is 2. The number of carboxylic acids is 1. The molecular weight excluding hydrogens is 979 g/mol. The maximum atomic E-state index is 13.7. The number of halogens is 2. The standard InChI is InChI=1S/C25H28FN7O4.C15H10FN5O2.C10H20N2O3/c1-25(2,3)37-24(35)30-15-8-14(11-36-12-15)29-23(34)17-9-27-22-21(17)31-18(10-28-22)20-16-6-5-13(26)7-19(16)33(4)32-20;1-21-11-4-7(16)2-3-8(11)12(20-21)10-6-18-14-13(19-10)9(5-17-14)15(22)23;1-10(2,3)15-9(13)12-8-4-7(11)5-14-6-8/h5-7,9-10,14-15H,8,11-12H2,1-4H3,(H,27,28)(H,29,34)(H,30,35);2-6H,1H3,(H,17,18)(H,22,23);7-8H,4-6,11H2,1-3H3,(H,12,13). The molecule has 0 aliphatic carbocycles. The fraction of sp³-hybridized carbons (Fsp3) is 0.400. The van der Waals surface area contributed by atoms with Crippen LogP contribution in [-0.2, 0) is 33.0 Å². The van der Waals surface area contributed by atoms with Gasteiger partial charge < -0.3 is 55.7 Å². The molecule has 10 rings (SSSR count). The Morgan fingerprint density at radius 1 is 0.680 bits per heavy atom. The minimum Gasteiger partial charge on any atom is -0.478 e. The Bertz CT molecular complexity index is 3410. The number of nitrogens with two attached hydrogens (primary N) is 1. The second-order valence-electron chi connectivity index (χ2n) is 20.0. The number of carbonyl (C=O) groups is 4. The molecular formula is C50H58F2N14O9. The van der Waals surface area contributed by atoms with E-state index in [0.29, 0.717) is 89.0 Å². The molecule has 8 N–H and O–H groups in total. The van der Waals surface area contributed by atoms with Gasteiger partial charge in [-0.3, -0.25) is 14.2 Å². The summed E-state index contributed by atoms with van der Waals surface area (Å²) in [7, 11) is 3.43. The fourth-order valence-electron chi connectivity index (χ4n) is 8.40. The van der Waals surface area contributed by atoms with E-state index < -0.39 is 29.4 Å². The average Bonchev–Trinajstić information content (AvgIpc) is 4.11. The monoisotopic (exact) mass is 1040 g/mol. The Morgan fingerprint density at radius 2 is 1.12 bits per heavy atom. The fourth-order valence-corrected chi connectivity index (χ4v) is 8.40. The van der Waals surface area contributed by atoms with Crippen LogP contribution in [0.1, 0.15) is 75.1 Å². The first-order valence-electron chi connectivity index (χ1n) is 23.9. The largest absolute Gasteiger partial charge is 0.478 e. The number of aromatic amines is 2. The number of hydrogen-bond donors (Lipinski definition) is 7. The number of amides is 3. The van der Waals surface area contributed by atoms with Crippen molar-refractivity contribution in [2.24, 2.45) is 19.8 Å². The highest BCUT2D eigenvalue weighted by molar-refractivity contribution is 6.05. The molecule has 2 aliphatic rings. The zero-order chi connectivity index (χ0) is 53.9. The first kappa shape index (κ1) is 53.1. The Balaban J connectivity index is 0.000000167. The molecule has 4 atom stereocenters. The first-order valence-corrected chi connectivity index (χ1v) is 23.9. The second-order valence-corrected chi connectivity index (χ2v) is 20.0. The van der Waals surface area contributed by atoms with Crippen LogP contribution < -0.4 is 21.7 Å². The average molecular weight is 1040 g/mol. The van der Waals surface area contributed by atoms with Crippen molar-refractivity contribution in [3.8, 4) is 22.8 Å². The maximum Gasteiger partial charge on any atom is 0.407 e. The lowest BCUT2D eigenvalue weighted by Crippen LogP contribution is -2.51. The van der Waals surface area contributed by atoms with Crippen molar-refractivity contribution >= 4 is 68.2 Å². The van der Waals surface area contributed by atoms with Crippen LogP contribution in [0.4, 0.5) is 18.4 Å². The molecule has 25 heteroatoms. The highest BCUT2D eigenvalue weighted by atomic mass is 19.1. The van der Waals surface area contributed by atoms with Crippen LogP contribution in [0.15, 0.2) is 61.2 Å². The predicted octanol–water partition coefficient (Wildman–Crippen LogP) is 6.04. The molecule has 0 bridgehead atoms. The van der Waals surface area contributed by atoms with Crippen LogP contribution >= 0.6 is 0 Å². The van der Waals surface area contributed by atoms with Crippen molar-refractivity contribution in [3.63, 3.8) is 0 Å². The normalized spacial score (nSPS) is 17.9. The van der Waals surface area contributed by atoms with Gasteiger partial charge in [0.05, 0.1) is 73.5 Å². The summed E-state index contributed by atoms with van der Waals surface area (Å²) in [6.07, 6.45) is 6.25. The molecule has 0 saturated carbocycles. The minimum absolute atomic E-state index is 0.00122. The van der Waals surface area contributed by atoms with Crippen LogP contribution in [-0.4, -0.2) is 140 Å². The number of nitrogens with zero attached hydrogens (tertiary/aromatic N) is 8. The summed E-state index contributed by atoms with van der Waals surface area (Å²) >= 11 is 0. The molecule has 0 spiro atoms. The Labute approximate surface area is 427 Å². The lowest BCUT2D eigenvalue weighted by molar-refractivity contribution is 0.0252. The molecule has 2 saturated heterocycles. The Hall–Kier alpha value is -8.16. The van der Waals surface area contributed by atoms with E-state index in [1.165, 1.54) is 36.7 Å². The summed E-state index contributed by atoms with van der Waals surface area (Å²) in [5.74, 6) is -2.15. The second kappa shape index (κ2) is 21.7. The molecule has 2 aliphatic heterocycles. The SMILES string of the molecule is CC(C)(C)OC(=O)NC1COCC(N)C1.Cn1nc(-c2cnc3[nH]cc(C(=O)NC4COCC(NC(=O)OC(C)(C)C)C4)c3n2)c2ccc(F)cc21.Cn1nc(-c2cnc3[nH]cc(C(=O)O)c3n2)c2ccc(F)cc21.